The third kappa shape index (κ3) is 3.86. The Bertz CT molecular complexity index is 572. The average molecular weight is 341 g/mol. The molecule has 0 amide bonds. The fourth-order valence-corrected chi connectivity index (χ4v) is 3.04. The van der Waals surface area contributed by atoms with E-state index in [9.17, 15) is 10.1 Å². The zero-order valence-electron chi connectivity index (χ0n) is 10.3. The van der Waals surface area contributed by atoms with E-state index in [1.54, 1.807) is 17.4 Å². The summed E-state index contributed by atoms with van der Waals surface area (Å²) in [5.41, 5.74) is 0.999. The van der Waals surface area contributed by atoms with Crippen LogP contribution in [0.1, 0.15) is 23.4 Å². The maximum Gasteiger partial charge on any atom is 0.270 e. The molecule has 0 spiro atoms. The SMILES string of the molecule is CC(NCc1cc(Br)cc([N+](=O)[O-])c1)c1cccs1. The predicted molar refractivity (Wildman–Crippen MR) is 80.4 cm³/mol. The van der Waals surface area contributed by atoms with Crippen LogP contribution in [0.3, 0.4) is 0 Å². The molecule has 0 aliphatic heterocycles. The summed E-state index contributed by atoms with van der Waals surface area (Å²) in [6, 6.07) is 9.32. The quantitative estimate of drug-likeness (QED) is 0.653. The van der Waals surface area contributed by atoms with Crippen molar-refractivity contribution in [2.75, 3.05) is 0 Å². The molecule has 1 unspecified atom stereocenters. The summed E-state index contributed by atoms with van der Waals surface area (Å²) in [5, 5.41) is 16.2. The number of hydrogen-bond acceptors (Lipinski definition) is 4. The van der Waals surface area contributed by atoms with Gasteiger partial charge in [-0.05, 0) is 30.0 Å². The van der Waals surface area contributed by atoms with E-state index in [0.717, 1.165) is 10.0 Å². The standard InChI is InChI=1S/C13H13BrN2O2S/c1-9(13-3-2-4-19-13)15-8-10-5-11(14)7-12(6-10)16(17)18/h2-7,9,15H,8H2,1H3. The molecule has 1 aromatic heterocycles. The molecule has 0 aliphatic carbocycles. The summed E-state index contributed by atoms with van der Waals surface area (Å²) in [6.45, 7) is 2.68. The molecule has 1 N–H and O–H groups in total. The van der Waals surface area contributed by atoms with Crippen LogP contribution in [0.5, 0.6) is 0 Å². The minimum atomic E-state index is -0.378. The number of non-ortho nitro benzene ring substituents is 1. The Kier molecular flexibility index (Phi) is 4.68. The van der Waals surface area contributed by atoms with E-state index >= 15 is 0 Å². The predicted octanol–water partition coefficient (Wildman–Crippen LogP) is 4.27. The second-order valence-electron chi connectivity index (χ2n) is 4.19. The van der Waals surface area contributed by atoms with Gasteiger partial charge in [-0.3, -0.25) is 10.1 Å². The first-order valence-corrected chi connectivity index (χ1v) is 7.44. The number of rotatable bonds is 5. The number of nitro benzene ring substituents is 1. The van der Waals surface area contributed by atoms with Crippen LogP contribution in [-0.4, -0.2) is 4.92 Å². The Balaban J connectivity index is 2.05. The van der Waals surface area contributed by atoms with Gasteiger partial charge in [-0.15, -0.1) is 11.3 Å². The Morgan fingerprint density at radius 2 is 2.26 bits per heavy atom. The molecule has 0 fully saturated rings. The number of nitrogens with one attached hydrogen (secondary N) is 1. The van der Waals surface area contributed by atoms with Crippen molar-refractivity contribution >= 4 is 33.0 Å². The van der Waals surface area contributed by atoms with E-state index in [0.29, 0.717) is 6.54 Å². The summed E-state index contributed by atoms with van der Waals surface area (Å²) in [6.07, 6.45) is 0. The van der Waals surface area contributed by atoms with Crippen molar-refractivity contribution in [3.05, 3.63) is 60.7 Å². The third-order valence-electron chi connectivity index (χ3n) is 2.74. The molecule has 4 nitrogen and oxygen atoms in total. The van der Waals surface area contributed by atoms with Gasteiger partial charge in [-0.25, -0.2) is 0 Å². The molecule has 1 aromatic carbocycles. The van der Waals surface area contributed by atoms with Gasteiger partial charge in [-0.2, -0.15) is 0 Å². The molecule has 1 heterocycles. The highest BCUT2D eigenvalue weighted by molar-refractivity contribution is 9.10. The van der Waals surface area contributed by atoms with Gasteiger partial charge < -0.3 is 5.32 Å². The summed E-state index contributed by atoms with van der Waals surface area (Å²) in [4.78, 5) is 11.7. The number of nitro groups is 1. The van der Waals surface area contributed by atoms with Gasteiger partial charge in [-0.1, -0.05) is 22.0 Å². The van der Waals surface area contributed by atoms with Crippen LogP contribution >= 0.6 is 27.3 Å². The number of halogens is 1. The first-order chi connectivity index (χ1) is 9.06. The maximum absolute atomic E-state index is 10.8. The van der Waals surface area contributed by atoms with Crippen LogP contribution in [0.4, 0.5) is 5.69 Å². The minimum absolute atomic E-state index is 0.106. The average Bonchev–Trinajstić information content (AvgIpc) is 2.89. The monoisotopic (exact) mass is 340 g/mol. The molecule has 1 atom stereocenters. The van der Waals surface area contributed by atoms with Crippen molar-refractivity contribution in [1.29, 1.82) is 0 Å². The molecule has 19 heavy (non-hydrogen) atoms. The second kappa shape index (κ2) is 6.27. The molecule has 0 saturated heterocycles. The molecule has 0 saturated carbocycles. The second-order valence-corrected chi connectivity index (χ2v) is 6.09. The molecule has 2 aromatic rings. The molecule has 6 heteroatoms. The first kappa shape index (κ1) is 14.2. The zero-order valence-corrected chi connectivity index (χ0v) is 12.7. The van der Waals surface area contributed by atoms with Crippen LogP contribution in [0.25, 0.3) is 0 Å². The van der Waals surface area contributed by atoms with E-state index in [4.69, 9.17) is 0 Å². The molecular formula is C13H13BrN2O2S. The zero-order chi connectivity index (χ0) is 13.8. The summed E-state index contributed by atoms with van der Waals surface area (Å²) in [5.74, 6) is 0. The van der Waals surface area contributed by atoms with Crippen LogP contribution < -0.4 is 5.32 Å². The summed E-state index contributed by atoms with van der Waals surface area (Å²) in [7, 11) is 0. The fraction of sp³-hybridized carbons (Fsp3) is 0.231. The lowest BCUT2D eigenvalue weighted by atomic mass is 10.2. The van der Waals surface area contributed by atoms with Crippen LogP contribution in [0.15, 0.2) is 40.2 Å². The van der Waals surface area contributed by atoms with Crippen molar-refractivity contribution in [3.8, 4) is 0 Å². The molecule has 0 radical (unpaired) electrons. The minimum Gasteiger partial charge on any atom is -0.305 e. The lowest BCUT2D eigenvalue weighted by Gasteiger charge is -2.12. The molecule has 0 bridgehead atoms. The Morgan fingerprint density at radius 3 is 2.89 bits per heavy atom. The van der Waals surface area contributed by atoms with E-state index < -0.39 is 0 Å². The van der Waals surface area contributed by atoms with Gasteiger partial charge in [0.25, 0.3) is 5.69 Å². The number of benzene rings is 1. The lowest BCUT2D eigenvalue weighted by Crippen LogP contribution is -2.17. The van der Waals surface area contributed by atoms with Gasteiger partial charge >= 0.3 is 0 Å². The maximum atomic E-state index is 10.8. The van der Waals surface area contributed by atoms with Gasteiger partial charge in [0.15, 0.2) is 0 Å². The number of nitrogens with zero attached hydrogens (tertiary/aromatic N) is 1. The van der Waals surface area contributed by atoms with Gasteiger partial charge in [0.1, 0.15) is 0 Å². The lowest BCUT2D eigenvalue weighted by molar-refractivity contribution is -0.385. The van der Waals surface area contributed by atoms with E-state index in [1.807, 2.05) is 17.5 Å². The Hall–Kier alpha value is -1.24. The van der Waals surface area contributed by atoms with Crippen LogP contribution in [-0.2, 0) is 6.54 Å². The topological polar surface area (TPSA) is 55.2 Å². The Morgan fingerprint density at radius 1 is 1.47 bits per heavy atom. The largest absolute Gasteiger partial charge is 0.305 e. The summed E-state index contributed by atoms with van der Waals surface area (Å²) >= 11 is 4.99. The van der Waals surface area contributed by atoms with Crippen LogP contribution in [0.2, 0.25) is 0 Å². The number of hydrogen-bond donors (Lipinski definition) is 1. The van der Waals surface area contributed by atoms with Crippen molar-refractivity contribution in [2.24, 2.45) is 0 Å². The Labute approximate surface area is 123 Å². The van der Waals surface area contributed by atoms with E-state index in [1.165, 1.54) is 10.9 Å². The summed E-state index contributed by atoms with van der Waals surface area (Å²) < 4.78 is 0.724. The highest BCUT2D eigenvalue weighted by Gasteiger charge is 2.10. The van der Waals surface area contributed by atoms with E-state index in [-0.39, 0.29) is 16.7 Å². The highest BCUT2D eigenvalue weighted by atomic mass is 79.9. The fourth-order valence-electron chi connectivity index (χ4n) is 1.75. The van der Waals surface area contributed by atoms with Crippen molar-refractivity contribution < 1.29 is 4.92 Å². The van der Waals surface area contributed by atoms with Gasteiger partial charge in [0.05, 0.1) is 4.92 Å². The molecular weight excluding hydrogens is 328 g/mol. The molecule has 100 valence electrons. The smallest absolute Gasteiger partial charge is 0.270 e. The van der Waals surface area contributed by atoms with Crippen LogP contribution in [0, 0.1) is 10.1 Å². The van der Waals surface area contributed by atoms with Crippen molar-refractivity contribution in [3.63, 3.8) is 0 Å². The normalized spacial score (nSPS) is 12.3. The third-order valence-corrected chi connectivity index (χ3v) is 4.25. The van der Waals surface area contributed by atoms with Gasteiger partial charge in [0, 0.05) is 34.1 Å². The van der Waals surface area contributed by atoms with Crippen molar-refractivity contribution in [2.45, 2.75) is 19.5 Å². The van der Waals surface area contributed by atoms with E-state index in [2.05, 4.69) is 34.2 Å². The van der Waals surface area contributed by atoms with Crippen molar-refractivity contribution in [1.82, 2.24) is 5.32 Å². The first-order valence-electron chi connectivity index (χ1n) is 5.77. The highest BCUT2D eigenvalue weighted by Crippen LogP contribution is 2.23. The molecule has 0 aliphatic rings. The van der Waals surface area contributed by atoms with Gasteiger partial charge in [0.2, 0.25) is 0 Å². The molecule has 2 rings (SSSR count). The number of thiophene rings is 1.